The van der Waals surface area contributed by atoms with Crippen molar-refractivity contribution in [1.82, 2.24) is 0 Å². The molecular formula is C39H32OS5. The Labute approximate surface area is 287 Å². The lowest BCUT2D eigenvalue weighted by atomic mass is 10.1. The molecule has 0 fully saturated rings. The normalized spacial score (nSPS) is 10.2. The second kappa shape index (κ2) is 15.6. The Hall–Kier alpha value is -3.59. The molecule has 0 aliphatic carbocycles. The Morgan fingerprint density at radius 3 is 1.29 bits per heavy atom. The fourth-order valence-corrected chi connectivity index (χ4v) is 8.75. The number of hydrogen-bond acceptors (Lipinski definition) is 6. The molecule has 0 aliphatic heterocycles. The SMILES string of the molecule is CCc1ccc(C#Cc2cc(CC)sc2C#Cc2cc(CC)sc2C#Cc2cc(CC)sc2C#Cc2cc(CC)sc2C=O)s1. The maximum absolute atomic E-state index is 11.6. The summed E-state index contributed by atoms with van der Waals surface area (Å²) in [5, 5.41) is 0. The number of thiophene rings is 5. The van der Waals surface area contributed by atoms with E-state index in [0.29, 0.717) is 4.88 Å². The Morgan fingerprint density at radius 1 is 0.467 bits per heavy atom. The van der Waals surface area contributed by atoms with Crippen molar-refractivity contribution in [2.45, 2.75) is 66.7 Å². The predicted octanol–water partition coefficient (Wildman–Crippen LogP) is 10.2. The van der Waals surface area contributed by atoms with E-state index in [2.05, 4.69) is 112 Å². The highest BCUT2D eigenvalue weighted by Crippen LogP contribution is 2.27. The highest BCUT2D eigenvalue weighted by Gasteiger charge is 2.10. The first kappa shape index (κ1) is 32.8. The zero-order valence-corrected chi connectivity index (χ0v) is 30.1. The molecule has 45 heavy (non-hydrogen) atoms. The molecule has 0 saturated heterocycles. The zero-order valence-electron chi connectivity index (χ0n) is 26.0. The summed E-state index contributed by atoms with van der Waals surface area (Å²) in [5.41, 5.74) is 3.68. The van der Waals surface area contributed by atoms with Gasteiger partial charge in [0, 0.05) is 29.9 Å². The van der Waals surface area contributed by atoms with Gasteiger partial charge in [0.05, 0.1) is 41.1 Å². The summed E-state index contributed by atoms with van der Waals surface area (Å²) in [6, 6.07) is 12.8. The van der Waals surface area contributed by atoms with E-state index in [-0.39, 0.29) is 0 Å². The topological polar surface area (TPSA) is 17.1 Å². The van der Waals surface area contributed by atoms with Gasteiger partial charge in [-0.1, -0.05) is 64.2 Å². The molecule has 0 N–H and O–H groups in total. The molecule has 0 radical (unpaired) electrons. The molecule has 0 aliphatic rings. The van der Waals surface area contributed by atoms with Crippen LogP contribution in [-0.4, -0.2) is 6.29 Å². The fourth-order valence-electron chi connectivity index (χ4n) is 4.36. The van der Waals surface area contributed by atoms with Crippen LogP contribution in [0.25, 0.3) is 0 Å². The number of rotatable bonds is 6. The lowest BCUT2D eigenvalue weighted by Crippen LogP contribution is -1.80. The Morgan fingerprint density at radius 2 is 0.867 bits per heavy atom. The molecule has 0 unspecified atom stereocenters. The van der Waals surface area contributed by atoms with Gasteiger partial charge in [0.1, 0.15) is 0 Å². The third kappa shape index (κ3) is 8.17. The summed E-state index contributed by atoms with van der Waals surface area (Å²) >= 11 is 8.39. The van der Waals surface area contributed by atoms with Crippen molar-refractivity contribution in [2.24, 2.45) is 0 Å². The van der Waals surface area contributed by atoms with Gasteiger partial charge in [-0.15, -0.1) is 56.7 Å². The van der Waals surface area contributed by atoms with E-state index in [1.165, 1.54) is 35.7 Å². The van der Waals surface area contributed by atoms with Gasteiger partial charge in [-0.05, 0) is 86.3 Å². The van der Waals surface area contributed by atoms with Crippen molar-refractivity contribution in [3.8, 4) is 47.4 Å². The van der Waals surface area contributed by atoms with Crippen LogP contribution < -0.4 is 0 Å². The van der Waals surface area contributed by atoms with E-state index < -0.39 is 0 Å². The molecular weight excluding hydrogens is 645 g/mol. The maximum Gasteiger partial charge on any atom is 0.161 e. The van der Waals surface area contributed by atoms with Crippen LogP contribution in [0.1, 0.15) is 110 Å². The first-order chi connectivity index (χ1) is 22.0. The van der Waals surface area contributed by atoms with E-state index in [1.54, 1.807) is 45.3 Å². The molecule has 0 bridgehead atoms. The van der Waals surface area contributed by atoms with Gasteiger partial charge < -0.3 is 0 Å². The Bertz CT molecular complexity index is 2090. The van der Waals surface area contributed by atoms with Crippen LogP contribution in [0.3, 0.4) is 0 Å². The first-order valence-electron chi connectivity index (χ1n) is 15.1. The number of aldehydes is 1. The minimum Gasteiger partial charge on any atom is -0.297 e. The number of hydrogen-bond donors (Lipinski definition) is 0. The van der Waals surface area contributed by atoms with Gasteiger partial charge in [0.15, 0.2) is 6.29 Å². The van der Waals surface area contributed by atoms with E-state index in [0.717, 1.165) is 80.2 Å². The van der Waals surface area contributed by atoms with Gasteiger partial charge in [-0.3, -0.25) is 4.79 Å². The molecule has 1 nitrogen and oxygen atoms in total. The van der Waals surface area contributed by atoms with Gasteiger partial charge in [-0.25, -0.2) is 0 Å². The summed E-state index contributed by atoms with van der Waals surface area (Å²) < 4.78 is 0. The second-order valence-corrected chi connectivity index (χ2v) is 15.8. The van der Waals surface area contributed by atoms with Crippen LogP contribution in [0, 0.1) is 47.4 Å². The Balaban J connectivity index is 1.48. The van der Waals surface area contributed by atoms with Crippen LogP contribution in [0.2, 0.25) is 0 Å². The fraction of sp³-hybridized carbons (Fsp3) is 0.256. The first-order valence-corrected chi connectivity index (χ1v) is 19.2. The lowest BCUT2D eigenvalue weighted by Gasteiger charge is -1.89. The van der Waals surface area contributed by atoms with Crippen LogP contribution in [0.15, 0.2) is 36.4 Å². The number of aryl methyl sites for hydroxylation is 5. The maximum atomic E-state index is 11.6. The summed E-state index contributed by atoms with van der Waals surface area (Å²) in [7, 11) is 0. The molecule has 0 spiro atoms. The van der Waals surface area contributed by atoms with Gasteiger partial charge in [0.2, 0.25) is 0 Å². The summed E-state index contributed by atoms with van der Waals surface area (Å²) in [6.45, 7) is 10.7. The standard InChI is InChI=1S/C39H32OS5/c1-6-30-16-17-35(41-30)15-11-26-21-31(7-2)42-36(26)18-12-27-22-32(8-3)43-37(27)19-13-28-23-33(9-4)44-38(28)20-14-29-24-34(10-5)45-39(29)25-40/h16-17,21-25H,6-10H2,1-5H3. The van der Waals surface area contributed by atoms with Crippen LogP contribution >= 0.6 is 56.7 Å². The summed E-state index contributed by atoms with van der Waals surface area (Å²) in [4.78, 5) is 22.6. The second-order valence-electron chi connectivity index (χ2n) is 10.0. The van der Waals surface area contributed by atoms with Gasteiger partial charge in [0.25, 0.3) is 0 Å². The van der Waals surface area contributed by atoms with Crippen molar-refractivity contribution < 1.29 is 4.79 Å². The van der Waals surface area contributed by atoms with Crippen molar-refractivity contribution in [3.05, 3.63) is 107 Å². The molecule has 0 atom stereocenters. The smallest absolute Gasteiger partial charge is 0.161 e. The number of carbonyl (C=O) groups is 1. The van der Waals surface area contributed by atoms with E-state index in [1.807, 2.05) is 6.07 Å². The molecule has 0 amide bonds. The van der Waals surface area contributed by atoms with Crippen molar-refractivity contribution in [3.63, 3.8) is 0 Å². The molecule has 5 heterocycles. The van der Waals surface area contributed by atoms with E-state index >= 15 is 0 Å². The van der Waals surface area contributed by atoms with E-state index in [4.69, 9.17) is 0 Å². The largest absolute Gasteiger partial charge is 0.297 e. The molecule has 6 heteroatoms. The molecule has 0 aromatic carbocycles. The van der Waals surface area contributed by atoms with Gasteiger partial charge in [-0.2, -0.15) is 0 Å². The zero-order chi connectivity index (χ0) is 31.8. The summed E-state index contributed by atoms with van der Waals surface area (Å²) in [5.74, 6) is 27.1. The Kier molecular flexibility index (Phi) is 11.4. The molecule has 5 aromatic heterocycles. The number of carbonyl (C=O) groups excluding carboxylic acids is 1. The highest BCUT2D eigenvalue weighted by molar-refractivity contribution is 7.14. The highest BCUT2D eigenvalue weighted by atomic mass is 32.1. The summed E-state index contributed by atoms with van der Waals surface area (Å²) in [6.07, 6.45) is 5.66. The molecule has 224 valence electrons. The third-order valence-electron chi connectivity index (χ3n) is 6.92. The van der Waals surface area contributed by atoms with Crippen LogP contribution in [0.4, 0.5) is 0 Å². The van der Waals surface area contributed by atoms with Crippen molar-refractivity contribution in [2.75, 3.05) is 0 Å². The van der Waals surface area contributed by atoms with Gasteiger partial charge >= 0.3 is 0 Å². The van der Waals surface area contributed by atoms with Crippen molar-refractivity contribution >= 4 is 63.0 Å². The predicted molar refractivity (Wildman–Crippen MR) is 198 cm³/mol. The quantitative estimate of drug-likeness (QED) is 0.129. The van der Waals surface area contributed by atoms with E-state index in [9.17, 15) is 4.79 Å². The van der Waals surface area contributed by atoms with Crippen molar-refractivity contribution in [1.29, 1.82) is 0 Å². The molecule has 0 saturated carbocycles. The average Bonchev–Trinajstić information content (AvgIpc) is 3.90. The lowest BCUT2D eigenvalue weighted by molar-refractivity contribution is 0.112. The minimum atomic E-state index is 0.691. The third-order valence-corrected chi connectivity index (χ3v) is 12.9. The monoisotopic (exact) mass is 676 g/mol. The van der Waals surface area contributed by atoms with Crippen LogP contribution in [-0.2, 0) is 32.1 Å². The molecule has 5 rings (SSSR count). The van der Waals surface area contributed by atoms with Crippen LogP contribution in [0.5, 0.6) is 0 Å². The minimum absolute atomic E-state index is 0.691. The molecule has 5 aromatic rings. The average molecular weight is 677 g/mol.